The van der Waals surface area contributed by atoms with Gasteiger partial charge in [-0.05, 0) is 59.9 Å². The SMILES string of the molecule is CC(C)=CCCC(C)=CCC12OC(C)(C)C(Cl)CC1(Cl)C(=O)c1c(O)cc(O)cc1C2=O. The molecule has 1 aromatic carbocycles. The van der Waals surface area contributed by atoms with Crippen LogP contribution >= 0.6 is 23.2 Å². The van der Waals surface area contributed by atoms with Crippen LogP contribution in [-0.2, 0) is 4.74 Å². The van der Waals surface area contributed by atoms with Crippen molar-refractivity contribution < 1.29 is 24.5 Å². The Morgan fingerprint density at radius 3 is 2.44 bits per heavy atom. The van der Waals surface area contributed by atoms with E-state index >= 15 is 0 Å². The molecule has 1 aliphatic heterocycles. The number of Topliss-reactive ketones (excluding diaryl/α,β-unsaturated/α-hetero) is 2. The third-order valence-corrected chi connectivity index (χ3v) is 7.73. The molecular formula is C25H30Cl2O5. The Morgan fingerprint density at radius 1 is 1.16 bits per heavy atom. The molecule has 7 heteroatoms. The second-order valence-corrected chi connectivity index (χ2v) is 10.8. The van der Waals surface area contributed by atoms with E-state index in [-0.39, 0.29) is 29.7 Å². The summed E-state index contributed by atoms with van der Waals surface area (Å²) in [5, 5.41) is 19.7. The van der Waals surface area contributed by atoms with Crippen LogP contribution in [0.25, 0.3) is 0 Å². The van der Waals surface area contributed by atoms with E-state index in [0.29, 0.717) is 0 Å². The molecule has 5 nitrogen and oxygen atoms in total. The number of carbonyl (C=O) groups is 2. The fraction of sp³-hybridized carbons (Fsp3) is 0.520. The van der Waals surface area contributed by atoms with Gasteiger partial charge in [-0.15, -0.1) is 23.2 Å². The van der Waals surface area contributed by atoms with Crippen LogP contribution in [0.2, 0.25) is 0 Å². The predicted molar refractivity (Wildman–Crippen MR) is 126 cm³/mol. The highest BCUT2D eigenvalue weighted by atomic mass is 35.5. The second-order valence-electron chi connectivity index (χ2n) is 9.63. The van der Waals surface area contributed by atoms with Crippen LogP contribution in [0, 0.1) is 0 Å². The lowest BCUT2D eigenvalue weighted by Gasteiger charge is -2.56. The summed E-state index contributed by atoms with van der Waals surface area (Å²) in [6, 6.07) is 2.21. The Labute approximate surface area is 199 Å². The largest absolute Gasteiger partial charge is 0.508 e. The summed E-state index contributed by atoms with van der Waals surface area (Å²) in [6.07, 6.45) is 5.74. The van der Waals surface area contributed by atoms with E-state index in [1.165, 1.54) is 11.6 Å². The maximum absolute atomic E-state index is 13.9. The summed E-state index contributed by atoms with van der Waals surface area (Å²) in [5.74, 6) is -1.98. The van der Waals surface area contributed by atoms with E-state index in [9.17, 15) is 19.8 Å². The Bertz CT molecular complexity index is 1020. The standard InChI is InChI=1S/C25H30Cl2O5/c1-14(2)7-6-8-15(3)9-10-25-21(30)17-11-16(28)12-18(29)20(17)22(31)24(25,27)13-19(26)23(4,5)32-25/h7,9,11-12,19,28-29H,6,8,10,13H2,1-5H3. The Balaban J connectivity index is 2.14. The van der Waals surface area contributed by atoms with Gasteiger partial charge < -0.3 is 14.9 Å². The van der Waals surface area contributed by atoms with E-state index in [4.69, 9.17) is 27.9 Å². The molecule has 1 aliphatic carbocycles. The van der Waals surface area contributed by atoms with Gasteiger partial charge in [0, 0.05) is 18.1 Å². The van der Waals surface area contributed by atoms with Crippen LogP contribution < -0.4 is 0 Å². The molecule has 0 aromatic heterocycles. The number of ketones is 2. The number of allylic oxidation sites excluding steroid dienone is 3. The van der Waals surface area contributed by atoms with Gasteiger partial charge in [-0.25, -0.2) is 0 Å². The van der Waals surface area contributed by atoms with Crippen LogP contribution in [0.4, 0.5) is 0 Å². The van der Waals surface area contributed by atoms with E-state index < -0.39 is 38.8 Å². The number of phenols is 2. The number of phenolic OH excluding ortho intramolecular Hbond substituents is 2. The maximum Gasteiger partial charge on any atom is 0.198 e. The molecule has 3 atom stereocenters. The normalized spacial score (nSPS) is 29.3. The number of hydrogen-bond donors (Lipinski definition) is 2. The first-order valence-electron chi connectivity index (χ1n) is 10.7. The number of carbonyl (C=O) groups excluding carboxylic acids is 2. The van der Waals surface area contributed by atoms with Gasteiger partial charge in [0.15, 0.2) is 17.2 Å². The zero-order valence-corrected chi connectivity index (χ0v) is 20.6. The molecule has 0 radical (unpaired) electrons. The van der Waals surface area contributed by atoms with Crippen LogP contribution in [-0.4, -0.2) is 43.2 Å². The number of benzene rings is 1. The van der Waals surface area contributed by atoms with Gasteiger partial charge in [-0.1, -0.05) is 23.3 Å². The number of alkyl halides is 2. The molecular weight excluding hydrogens is 451 g/mol. The van der Waals surface area contributed by atoms with Gasteiger partial charge >= 0.3 is 0 Å². The molecule has 3 unspecified atom stereocenters. The number of aromatic hydroxyl groups is 2. The summed E-state index contributed by atoms with van der Waals surface area (Å²) in [7, 11) is 0. The Kier molecular flexibility index (Phi) is 6.60. The highest BCUT2D eigenvalue weighted by molar-refractivity contribution is 6.45. The zero-order valence-electron chi connectivity index (χ0n) is 19.1. The van der Waals surface area contributed by atoms with Crippen molar-refractivity contribution in [2.24, 2.45) is 0 Å². The van der Waals surface area contributed by atoms with Crippen molar-refractivity contribution in [2.75, 3.05) is 0 Å². The van der Waals surface area contributed by atoms with Crippen LogP contribution in [0.3, 0.4) is 0 Å². The van der Waals surface area contributed by atoms with Gasteiger partial charge in [0.25, 0.3) is 0 Å². The third kappa shape index (κ3) is 4.00. The summed E-state index contributed by atoms with van der Waals surface area (Å²) in [4.78, 5) is 25.7. The lowest BCUT2D eigenvalue weighted by molar-refractivity contribution is -0.157. The lowest BCUT2D eigenvalue weighted by Crippen LogP contribution is -2.72. The summed E-state index contributed by atoms with van der Waals surface area (Å²) in [5.41, 5.74) is -0.680. The van der Waals surface area contributed by atoms with Gasteiger partial charge in [-0.3, -0.25) is 9.59 Å². The van der Waals surface area contributed by atoms with Crippen LogP contribution in [0.15, 0.2) is 35.4 Å². The molecule has 0 bridgehead atoms. The lowest BCUT2D eigenvalue weighted by atomic mass is 9.63. The molecule has 3 rings (SSSR count). The number of fused-ring (bicyclic) bond motifs is 2. The topological polar surface area (TPSA) is 83.8 Å². The van der Waals surface area contributed by atoms with Gasteiger partial charge in [0.2, 0.25) is 0 Å². The highest BCUT2D eigenvalue weighted by Gasteiger charge is 2.70. The molecule has 174 valence electrons. The fourth-order valence-corrected chi connectivity index (χ4v) is 5.31. The van der Waals surface area contributed by atoms with E-state index in [1.54, 1.807) is 13.8 Å². The molecule has 32 heavy (non-hydrogen) atoms. The van der Waals surface area contributed by atoms with Crippen molar-refractivity contribution in [1.29, 1.82) is 0 Å². The molecule has 1 aromatic rings. The molecule has 0 saturated carbocycles. The Morgan fingerprint density at radius 2 is 1.81 bits per heavy atom. The van der Waals surface area contributed by atoms with E-state index in [0.717, 1.165) is 24.5 Å². The quantitative estimate of drug-likeness (QED) is 0.393. The van der Waals surface area contributed by atoms with Crippen molar-refractivity contribution in [2.45, 2.75) is 81.8 Å². The molecule has 2 aliphatic rings. The Hall–Kier alpha value is -1.82. The van der Waals surface area contributed by atoms with Crippen molar-refractivity contribution in [3.05, 3.63) is 46.6 Å². The number of halogens is 2. The first-order chi connectivity index (χ1) is 14.7. The summed E-state index contributed by atoms with van der Waals surface area (Å²) in [6.45, 7) is 9.57. The number of hydrogen-bond acceptors (Lipinski definition) is 5. The highest BCUT2D eigenvalue weighted by Crippen LogP contribution is 2.56. The minimum atomic E-state index is -1.79. The van der Waals surface area contributed by atoms with Crippen molar-refractivity contribution >= 4 is 34.8 Å². The molecule has 0 spiro atoms. The van der Waals surface area contributed by atoms with Crippen LogP contribution in [0.5, 0.6) is 11.5 Å². The monoisotopic (exact) mass is 480 g/mol. The summed E-state index contributed by atoms with van der Waals surface area (Å²) < 4.78 is 6.34. The number of rotatable bonds is 5. The second kappa shape index (κ2) is 8.51. The zero-order chi connectivity index (χ0) is 24.1. The van der Waals surface area contributed by atoms with Gasteiger partial charge in [-0.2, -0.15) is 0 Å². The molecule has 2 N–H and O–H groups in total. The summed E-state index contributed by atoms with van der Waals surface area (Å²) >= 11 is 13.5. The van der Waals surface area contributed by atoms with Gasteiger partial charge in [0.1, 0.15) is 16.4 Å². The molecule has 1 heterocycles. The fourth-order valence-electron chi connectivity index (χ4n) is 4.50. The van der Waals surface area contributed by atoms with Crippen molar-refractivity contribution in [3.8, 4) is 11.5 Å². The predicted octanol–water partition coefficient (Wildman–Crippen LogP) is 6.08. The average Bonchev–Trinajstić information content (AvgIpc) is 2.67. The molecule has 1 fully saturated rings. The minimum Gasteiger partial charge on any atom is -0.508 e. The smallest absolute Gasteiger partial charge is 0.198 e. The molecule has 0 amide bonds. The van der Waals surface area contributed by atoms with E-state index in [1.807, 2.05) is 26.8 Å². The maximum atomic E-state index is 13.9. The molecule has 1 saturated heterocycles. The minimum absolute atomic E-state index is 0.00189. The first kappa shape index (κ1) is 24.8. The number of ether oxygens (including phenoxy) is 1. The van der Waals surface area contributed by atoms with Gasteiger partial charge in [0.05, 0.1) is 16.5 Å². The third-order valence-electron chi connectivity index (χ3n) is 6.42. The van der Waals surface area contributed by atoms with Crippen molar-refractivity contribution in [1.82, 2.24) is 0 Å². The first-order valence-corrected chi connectivity index (χ1v) is 11.5. The van der Waals surface area contributed by atoms with E-state index in [2.05, 4.69) is 6.08 Å². The van der Waals surface area contributed by atoms with Crippen molar-refractivity contribution in [3.63, 3.8) is 0 Å². The van der Waals surface area contributed by atoms with Crippen LogP contribution in [0.1, 0.15) is 81.0 Å². The average molecular weight is 481 g/mol.